The highest BCUT2D eigenvalue weighted by molar-refractivity contribution is 5.87. The lowest BCUT2D eigenvalue weighted by molar-refractivity contribution is -0.136. The maximum absolute atomic E-state index is 13.1. The van der Waals surface area contributed by atoms with Gasteiger partial charge in [-0.15, -0.1) is 0 Å². The van der Waals surface area contributed by atoms with Gasteiger partial charge in [-0.3, -0.25) is 14.5 Å². The van der Waals surface area contributed by atoms with E-state index in [2.05, 4.69) is 27.7 Å². The summed E-state index contributed by atoms with van der Waals surface area (Å²) < 4.78 is 5.53. The molecule has 0 atom stereocenters. The molecule has 0 aromatic heterocycles. The van der Waals surface area contributed by atoms with E-state index in [1.807, 2.05) is 9.80 Å². The van der Waals surface area contributed by atoms with E-state index in [1.54, 1.807) is 20.8 Å². The molecule has 0 heterocycles. The van der Waals surface area contributed by atoms with Crippen LogP contribution >= 0.6 is 0 Å². The van der Waals surface area contributed by atoms with Crippen LogP contribution in [0.1, 0.15) is 99.8 Å². The number of unbranched alkanes of at least 4 members (excludes halogenated alkanes) is 4. The SMILES string of the molecule is CCCCN(CCCC)C(=O)CN(CC(=O)N(CCCC)CCCC)C(=O)OC(C)(C)C. The number of rotatable bonds is 16. The summed E-state index contributed by atoms with van der Waals surface area (Å²) in [4.78, 5) is 44.0. The van der Waals surface area contributed by atoms with Gasteiger partial charge in [0.25, 0.3) is 0 Å². The number of hydrogen-bond acceptors (Lipinski definition) is 4. The molecular formula is C25H49N3O4. The molecule has 7 heteroatoms. The highest BCUT2D eigenvalue weighted by atomic mass is 16.6. The number of carbonyl (C=O) groups excluding carboxylic acids is 3. The lowest BCUT2D eigenvalue weighted by Gasteiger charge is -2.31. The maximum Gasteiger partial charge on any atom is 0.411 e. The van der Waals surface area contributed by atoms with Crippen molar-refractivity contribution in [2.75, 3.05) is 39.3 Å². The van der Waals surface area contributed by atoms with Crippen LogP contribution in [0.25, 0.3) is 0 Å². The Morgan fingerprint density at radius 1 is 0.594 bits per heavy atom. The third-order valence-corrected chi connectivity index (χ3v) is 5.14. The summed E-state index contributed by atoms with van der Waals surface area (Å²) in [5.41, 5.74) is -0.699. The third-order valence-electron chi connectivity index (χ3n) is 5.14. The molecule has 32 heavy (non-hydrogen) atoms. The van der Waals surface area contributed by atoms with Crippen molar-refractivity contribution in [1.29, 1.82) is 0 Å². The fourth-order valence-electron chi connectivity index (χ4n) is 3.16. The van der Waals surface area contributed by atoms with E-state index in [0.29, 0.717) is 26.2 Å². The zero-order valence-electron chi connectivity index (χ0n) is 21.9. The van der Waals surface area contributed by atoms with Crippen LogP contribution in [0.4, 0.5) is 4.79 Å². The molecule has 0 bridgehead atoms. The van der Waals surface area contributed by atoms with Crippen LogP contribution in [0.15, 0.2) is 0 Å². The van der Waals surface area contributed by atoms with Crippen molar-refractivity contribution in [2.45, 2.75) is 105 Å². The molecule has 0 rings (SSSR count). The summed E-state index contributed by atoms with van der Waals surface area (Å²) in [5.74, 6) is -0.251. The van der Waals surface area contributed by atoms with E-state index in [1.165, 1.54) is 4.90 Å². The molecule has 0 radical (unpaired) electrons. The second kappa shape index (κ2) is 16.8. The summed E-state index contributed by atoms with van der Waals surface area (Å²) in [7, 11) is 0. The third kappa shape index (κ3) is 13.6. The van der Waals surface area contributed by atoms with E-state index in [0.717, 1.165) is 51.4 Å². The maximum atomic E-state index is 13.1. The highest BCUT2D eigenvalue weighted by Crippen LogP contribution is 2.12. The summed E-state index contributed by atoms with van der Waals surface area (Å²) in [6.45, 7) is 16.1. The van der Waals surface area contributed by atoms with Crippen LogP contribution in [0.3, 0.4) is 0 Å². The summed E-state index contributed by atoms with van der Waals surface area (Å²) in [6, 6.07) is 0. The second-order valence-corrected chi connectivity index (χ2v) is 9.51. The molecule has 188 valence electrons. The molecule has 0 saturated heterocycles. The van der Waals surface area contributed by atoms with Gasteiger partial charge < -0.3 is 14.5 Å². The summed E-state index contributed by atoms with van der Waals surface area (Å²) in [5, 5.41) is 0. The molecule has 0 saturated carbocycles. The van der Waals surface area contributed by atoms with Gasteiger partial charge in [-0.25, -0.2) is 4.79 Å². The molecule has 0 aromatic rings. The minimum atomic E-state index is -0.699. The fraction of sp³-hybridized carbons (Fsp3) is 0.880. The minimum Gasteiger partial charge on any atom is -0.444 e. The summed E-state index contributed by atoms with van der Waals surface area (Å²) >= 11 is 0. The molecule has 0 aliphatic heterocycles. The molecule has 0 fully saturated rings. The summed E-state index contributed by atoms with van der Waals surface area (Å²) in [6.07, 6.45) is 7.04. The largest absolute Gasteiger partial charge is 0.444 e. The first-order valence-electron chi connectivity index (χ1n) is 12.6. The normalized spacial score (nSPS) is 11.2. The first-order chi connectivity index (χ1) is 15.1. The quantitative estimate of drug-likeness (QED) is 0.325. The molecule has 0 unspecified atom stereocenters. The van der Waals surface area contributed by atoms with Gasteiger partial charge >= 0.3 is 6.09 Å². The number of amides is 3. The van der Waals surface area contributed by atoms with Gasteiger partial charge in [-0.2, -0.15) is 0 Å². The van der Waals surface area contributed by atoms with Gasteiger partial charge in [0.15, 0.2) is 0 Å². The zero-order chi connectivity index (χ0) is 24.6. The molecule has 0 spiro atoms. The smallest absolute Gasteiger partial charge is 0.411 e. The Kier molecular flexibility index (Phi) is 15.8. The predicted octanol–water partition coefficient (Wildman–Crippen LogP) is 5.08. The van der Waals surface area contributed by atoms with Gasteiger partial charge in [0.05, 0.1) is 0 Å². The highest BCUT2D eigenvalue weighted by Gasteiger charge is 2.28. The van der Waals surface area contributed by atoms with Crippen LogP contribution in [0, 0.1) is 0 Å². The van der Waals surface area contributed by atoms with Crippen molar-refractivity contribution in [3.8, 4) is 0 Å². The molecule has 7 nitrogen and oxygen atoms in total. The van der Waals surface area contributed by atoms with Crippen molar-refractivity contribution in [3.05, 3.63) is 0 Å². The Morgan fingerprint density at radius 3 is 1.16 bits per heavy atom. The van der Waals surface area contributed by atoms with Crippen LogP contribution in [0.2, 0.25) is 0 Å². The average Bonchev–Trinajstić information content (AvgIpc) is 2.72. The second-order valence-electron chi connectivity index (χ2n) is 9.51. The van der Waals surface area contributed by atoms with Gasteiger partial charge in [0, 0.05) is 26.2 Å². The van der Waals surface area contributed by atoms with Crippen molar-refractivity contribution in [2.24, 2.45) is 0 Å². The Morgan fingerprint density at radius 2 is 0.906 bits per heavy atom. The van der Waals surface area contributed by atoms with Gasteiger partial charge in [-0.05, 0) is 46.5 Å². The fourth-order valence-corrected chi connectivity index (χ4v) is 3.16. The van der Waals surface area contributed by atoms with E-state index in [-0.39, 0.29) is 24.9 Å². The van der Waals surface area contributed by atoms with E-state index >= 15 is 0 Å². The topological polar surface area (TPSA) is 70.2 Å². The average molecular weight is 456 g/mol. The monoisotopic (exact) mass is 455 g/mol. The number of ether oxygens (including phenoxy) is 1. The zero-order valence-corrected chi connectivity index (χ0v) is 21.9. The van der Waals surface area contributed by atoms with Crippen molar-refractivity contribution in [3.63, 3.8) is 0 Å². The molecule has 3 amide bonds. The minimum absolute atomic E-state index is 0.126. The van der Waals surface area contributed by atoms with Crippen molar-refractivity contribution >= 4 is 17.9 Å². The Bertz CT molecular complexity index is 496. The number of nitrogens with zero attached hydrogens (tertiary/aromatic N) is 3. The molecule has 0 N–H and O–H groups in total. The van der Waals surface area contributed by atoms with Crippen LogP contribution < -0.4 is 0 Å². The van der Waals surface area contributed by atoms with Gasteiger partial charge in [0.2, 0.25) is 11.8 Å². The first-order valence-corrected chi connectivity index (χ1v) is 12.6. The number of hydrogen-bond donors (Lipinski definition) is 0. The lowest BCUT2D eigenvalue weighted by atomic mass is 10.2. The first kappa shape index (κ1) is 30.2. The Hall–Kier alpha value is -1.79. The van der Waals surface area contributed by atoms with Crippen LogP contribution in [-0.4, -0.2) is 77.5 Å². The lowest BCUT2D eigenvalue weighted by Crippen LogP contribution is -2.49. The van der Waals surface area contributed by atoms with Crippen molar-refractivity contribution in [1.82, 2.24) is 14.7 Å². The molecule has 0 aliphatic rings. The van der Waals surface area contributed by atoms with E-state index in [4.69, 9.17) is 4.74 Å². The van der Waals surface area contributed by atoms with Gasteiger partial charge in [0.1, 0.15) is 18.7 Å². The molecule has 0 aliphatic carbocycles. The standard InChI is InChI=1S/C25H49N3O4/c1-8-12-16-26(17-13-9-2)22(29)20-28(24(31)32-25(5,6)7)21-23(30)27(18-14-10-3)19-15-11-4/h8-21H2,1-7H3. The molecule has 0 aromatic carbocycles. The Balaban J connectivity index is 5.48. The Labute approximate surface area is 196 Å². The van der Waals surface area contributed by atoms with Gasteiger partial charge in [-0.1, -0.05) is 53.4 Å². The van der Waals surface area contributed by atoms with Crippen molar-refractivity contribution < 1.29 is 19.1 Å². The molecular weight excluding hydrogens is 406 g/mol. The number of carbonyl (C=O) groups is 3. The van der Waals surface area contributed by atoms with Crippen LogP contribution in [0.5, 0.6) is 0 Å². The predicted molar refractivity (Wildman–Crippen MR) is 131 cm³/mol. The van der Waals surface area contributed by atoms with E-state index < -0.39 is 11.7 Å². The van der Waals surface area contributed by atoms with E-state index in [9.17, 15) is 14.4 Å². The van der Waals surface area contributed by atoms with Crippen LogP contribution in [-0.2, 0) is 14.3 Å².